The Labute approximate surface area is 69.4 Å². The van der Waals surface area contributed by atoms with E-state index in [4.69, 9.17) is 0 Å². The molecule has 0 aromatic heterocycles. The SMILES string of the molecule is C=C[C@H](C=C(C)C)[C@@H](O)CC. The van der Waals surface area contributed by atoms with Crippen LogP contribution in [0.2, 0.25) is 0 Å². The minimum absolute atomic E-state index is 0.116. The molecule has 64 valence electrons. The maximum Gasteiger partial charge on any atom is 0.0634 e. The molecular formula is C10H18O. The standard InChI is InChI=1S/C10H18O/c1-5-9(7-8(3)4)10(11)6-2/h5,7,9-11H,1,6H2,2-4H3/t9-,10+/m1/s1. The molecule has 2 atom stereocenters. The van der Waals surface area contributed by atoms with Crippen LogP contribution in [0.25, 0.3) is 0 Å². The molecule has 11 heavy (non-hydrogen) atoms. The van der Waals surface area contributed by atoms with E-state index < -0.39 is 0 Å². The lowest BCUT2D eigenvalue weighted by Gasteiger charge is -2.14. The summed E-state index contributed by atoms with van der Waals surface area (Å²) in [4.78, 5) is 0. The van der Waals surface area contributed by atoms with Crippen LogP contribution >= 0.6 is 0 Å². The average molecular weight is 154 g/mol. The Morgan fingerprint density at radius 2 is 2.09 bits per heavy atom. The smallest absolute Gasteiger partial charge is 0.0634 e. The molecule has 1 N–H and O–H groups in total. The van der Waals surface area contributed by atoms with Crippen LogP contribution in [0, 0.1) is 5.92 Å². The van der Waals surface area contributed by atoms with Gasteiger partial charge < -0.3 is 5.11 Å². The van der Waals surface area contributed by atoms with Crippen LogP contribution in [0.15, 0.2) is 24.3 Å². The molecule has 0 aliphatic carbocycles. The zero-order chi connectivity index (χ0) is 8.85. The molecule has 0 unspecified atom stereocenters. The van der Waals surface area contributed by atoms with E-state index in [1.165, 1.54) is 5.57 Å². The summed E-state index contributed by atoms with van der Waals surface area (Å²) in [6.07, 6.45) is 4.34. The zero-order valence-electron chi connectivity index (χ0n) is 7.67. The van der Waals surface area contributed by atoms with E-state index in [1.807, 2.05) is 26.8 Å². The summed E-state index contributed by atoms with van der Waals surface area (Å²) >= 11 is 0. The van der Waals surface area contributed by atoms with Gasteiger partial charge in [-0.1, -0.05) is 24.6 Å². The molecule has 0 saturated heterocycles. The van der Waals surface area contributed by atoms with Crippen molar-refractivity contribution in [2.75, 3.05) is 0 Å². The van der Waals surface area contributed by atoms with Gasteiger partial charge in [0.05, 0.1) is 6.10 Å². The molecule has 0 spiro atoms. The number of hydrogen-bond donors (Lipinski definition) is 1. The Hall–Kier alpha value is -0.560. The lowest BCUT2D eigenvalue weighted by Crippen LogP contribution is -2.15. The summed E-state index contributed by atoms with van der Waals surface area (Å²) in [5, 5.41) is 9.45. The minimum Gasteiger partial charge on any atom is -0.392 e. The van der Waals surface area contributed by atoms with Gasteiger partial charge in [-0.2, -0.15) is 0 Å². The zero-order valence-corrected chi connectivity index (χ0v) is 7.67. The first-order chi connectivity index (χ1) is 5.11. The highest BCUT2D eigenvalue weighted by Gasteiger charge is 2.09. The molecule has 0 aromatic carbocycles. The summed E-state index contributed by atoms with van der Waals surface area (Å²) < 4.78 is 0. The molecule has 0 aromatic rings. The van der Waals surface area contributed by atoms with E-state index in [0.29, 0.717) is 0 Å². The fraction of sp³-hybridized carbons (Fsp3) is 0.600. The first-order valence-electron chi connectivity index (χ1n) is 4.07. The van der Waals surface area contributed by atoms with Crippen molar-refractivity contribution in [3.8, 4) is 0 Å². The quantitative estimate of drug-likeness (QED) is 0.617. The molecule has 0 bridgehead atoms. The molecule has 0 rings (SSSR count). The topological polar surface area (TPSA) is 20.2 Å². The molecule has 0 fully saturated rings. The second kappa shape index (κ2) is 5.14. The third-order valence-electron chi connectivity index (χ3n) is 1.66. The maximum atomic E-state index is 9.45. The predicted molar refractivity (Wildman–Crippen MR) is 49.4 cm³/mol. The van der Waals surface area contributed by atoms with E-state index >= 15 is 0 Å². The van der Waals surface area contributed by atoms with Crippen LogP contribution in [0.1, 0.15) is 27.2 Å². The normalized spacial score (nSPS) is 15.3. The third-order valence-corrected chi connectivity index (χ3v) is 1.66. The van der Waals surface area contributed by atoms with Gasteiger partial charge in [0, 0.05) is 5.92 Å². The average Bonchev–Trinajstić information content (AvgIpc) is 1.98. The first kappa shape index (κ1) is 10.4. The number of aliphatic hydroxyl groups is 1. The highest BCUT2D eigenvalue weighted by molar-refractivity contribution is 5.05. The van der Waals surface area contributed by atoms with E-state index in [1.54, 1.807) is 6.08 Å². The molecule has 0 amide bonds. The second-order valence-corrected chi connectivity index (χ2v) is 3.03. The predicted octanol–water partition coefficient (Wildman–Crippen LogP) is 2.53. The fourth-order valence-electron chi connectivity index (χ4n) is 0.993. The number of rotatable bonds is 4. The summed E-state index contributed by atoms with van der Waals surface area (Å²) in [6.45, 7) is 9.70. The molecule has 0 radical (unpaired) electrons. The van der Waals surface area contributed by atoms with Crippen molar-refractivity contribution < 1.29 is 5.11 Å². The van der Waals surface area contributed by atoms with Crippen LogP contribution in [-0.4, -0.2) is 11.2 Å². The third kappa shape index (κ3) is 3.99. The van der Waals surface area contributed by atoms with Gasteiger partial charge in [-0.25, -0.2) is 0 Å². The first-order valence-corrected chi connectivity index (χ1v) is 4.07. The van der Waals surface area contributed by atoms with Crippen LogP contribution < -0.4 is 0 Å². The van der Waals surface area contributed by atoms with Crippen molar-refractivity contribution in [1.82, 2.24) is 0 Å². The highest BCUT2D eigenvalue weighted by Crippen LogP contribution is 2.12. The lowest BCUT2D eigenvalue weighted by atomic mass is 9.98. The Morgan fingerprint density at radius 1 is 1.55 bits per heavy atom. The summed E-state index contributed by atoms with van der Waals surface area (Å²) in [6, 6.07) is 0. The minimum atomic E-state index is -0.276. The van der Waals surface area contributed by atoms with Crippen molar-refractivity contribution in [2.24, 2.45) is 5.92 Å². The summed E-state index contributed by atoms with van der Waals surface area (Å²) in [7, 11) is 0. The van der Waals surface area contributed by atoms with Crippen molar-refractivity contribution in [2.45, 2.75) is 33.3 Å². The molecule has 0 aliphatic rings. The molecule has 0 aliphatic heterocycles. The van der Waals surface area contributed by atoms with Crippen molar-refractivity contribution in [3.63, 3.8) is 0 Å². The molecule has 0 saturated carbocycles. The van der Waals surface area contributed by atoms with Crippen molar-refractivity contribution in [3.05, 3.63) is 24.3 Å². The Bertz CT molecular complexity index is 143. The van der Waals surface area contributed by atoms with Crippen LogP contribution in [-0.2, 0) is 0 Å². The molecule has 1 nitrogen and oxygen atoms in total. The second-order valence-electron chi connectivity index (χ2n) is 3.03. The van der Waals surface area contributed by atoms with Gasteiger partial charge in [-0.05, 0) is 20.3 Å². The molecule has 1 heteroatoms. The Balaban J connectivity index is 4.16. The van der Waals surface area contributed by atoms with Gasteiger partial charge in [0.2, 0.25) is 0 Å². The number of allylic oxidation sites excluding steroid dienone is 1. The van der Waals surface area contributed by atoms with Gasteiger partial charge in [-0.3, -0.25) is 0 Å². The van der Waals surface area contributed by atoms with Crippen LogP contribution in [0.5, 0.6) is 0 Å². The van der Waals surface area contributed by atoms with Gasteiger partial charge in [-0.15, -0.1) is 6.58 Å². The molecular weight excluding hydrogens is 136 g/mol. The van der Waals surface area contributed by atoms with E-state index in [-0.39, 0.29) is 12.0 Å². The summed E-state index contributed by atoms with van der Waals surface area (Å²) in [5.74, 6) is 0.116. The lowest BCUT2D eigenvalue weighted by molar-refractivity contribution is 0.144. The number of aliphatic hydroxyl groups excluding tert-OH is 1. The Morgan fingerprint density at radius 3 is 2.36 bits per heavy atom. The van der Waals surface area contributed by atoms with Crippen molar-refractivity contribution >= 4 is 0 Å². The van der Waals surface area contributed by atoms with E-state index in [2.05, 4.69) is 6.58 Å². The van der Waals surface area contributed by atoms with Gasteiger partial charge in [0.25, 0.3) is 0 Å². The molecule has 0 heterocycles. The van der Waals surface area contributed by atoms with E-state index in [9.17, 15) is 5.11 Å². The van der Waals surface area contributed by atoms with Crippen LogP contribution in [0.3, 0.4) is 0 Å². The monoisotopic (exact) mass is 154 g/mol. The van der Waals surface area contributed by atoms with Crippen LogP contribution in [0.4, 0.5) is 0 Å². The highest BCUT2D eigenvalue weighted by atomic mass is 16.3. The fourth-order valence-corrected chi connectivity index (χ4v) is 0.993. The summed E-state index contributed by atoms with van der Waals surface area (Å²) in [5.41, 5.74) is 1.22. The van der Waals surface area contributed by atoms with Gasteiger partial charge in [0.1, 0.15) is 0 Å². The Kier molecular flexibility index (Phi) is 4.88. The van der Waals surface area contributed by atoms with Gasteiger partial charge in [0.15, 0.2) is 0 Å². The maximum absolute atomic E-state index is 9.45. The van der Waals surface area contributed by atoms with Gasteiger partial charge >= 0.3 is 0 Å². The van der Waals surface area contributed by atoms with Crippen molar-refractivity contribution in [1.29, 1.82) is 0 Å². The van der Waals surface area contributed by atoms with E-state index in [0.717, 1.165) is 6.42 Å². The number of hydrogen-bond acceptors (Lipinski definition) is 1. The largest absolute Gasteiger partial charge is 0.392 e.